The Labute approximate surface area is 243 Å². The zero-order valence-electron chi connectivity index (χ0n) is 23.1. The van der Waals surface area contributed by atoms with Gasteiger partial charge in [-0.3, -0.25) is 0 Å². The van der Waals surface area contributed by atoms with E-state index < -0.39 is 0 Å². The standard InChI is InChI=1S/C35H32N3S2/c1-4-36-28(20-22-33-38(6-3)35-25-14-8-7-13-24(25)19-21-32(35)40-33)26-15-9-10-16-27(26)30(36)23-34-37(5-2)29-17-11-12-18-31(29)39-34/h7-23H,4-6H2,1-3H3/q+1. The zero-order chi connectivity index (χ0) is 27.2. The molecule has 0 unspecified atom stereocenters. The van der Waals surface area contributed by atoms with E-state index in [0.717, 1.165) is 19.6 Å². The lowest BCUT2D eigenvalue weighted by Gasteiger charge is -2.18. The molecule has 0 spiro atoms. The van der Waals surface area contributed by atoms with Crippen LogP contribution in [0, 0.1) is 0 Å². The van der Waals surface area contributed by atoms with Crippen LogP contribution in [0.3, 0.4) is 0 Å². The summed E-state index contributed by atoms with van der Waals surface area (Å²) in [5.41, 5.74) is 5.18. The molecule has 4 aromatic carbocycles. The van der Waals surface area contributed by atoms with Crippen molar-refractivity contribution in [2.45, 2.75) is 38.8 Å². The molecule has 198 valence electrons. The first-order valence-electron chi connectivity index (χ1n) is 14.1. The second kappa shape index (κ2) is 10.3. The Morgan fingerprint density at radius 3 is 2.23 bits per heavy atom. The van der Waals surface area contributed by atoms with Crippen LogP contribution in [0.1, 0.15) is 37.2 Å². The quantitative estimate of drug-likeness (QED) is 0.189. The summed E-state index contributed by atoms with van der Waals surface area (Å²) in [4.78, 5) is 3.76. The van der Waals surface area contributed by atoms with Gasteiger partial charge in [0.15, 0.2) is 0 Å². The fourth-order valence-corrected chi connectivity index (χ4v) is 8.40. The van der Waals surface area contributed by atoms with Gasteiger partial charge in [-0.15, -0.1) is 0 Å². The Hall–Kier alpha value is -3.80. The molecule has 0 fully saturated rings. The topological polar surface area (TPSA) is 12.1 Å². The van der Waals surface area contributed by atoms with Gasteiger partial charge < -0.3 is 9.47 Å². The number of thiazole rings is 1. The molecule has 0 saturated carbocycles. The maximum Gasteiger partial charge on any atom is 0.262 e. The van der Waals surface area contributed by atoms with Crippen molar-refractivity contribution < 1.29 is 4.57 Å². The number of para-hydroxylation sites is 1. The molecule has 7 rings (SSSR count). The van der Waals surface area contributed by atoms with Crippen LogP contribution in [0.25, 0.3) is 50.0 Å². The predicted octanol–water partition coefficient (Wildman–Crippen LogP) is 9.44. The van der Waals surface area contributed by atoms with Crippen molar-refractivity contribution in [1.82, 2.24) is 4.57 Å². The lowest BCUT2D eigenvalue weighted by Crippen LogP contribution is -2.33. The maximum absolute atomic E-state index is 2.48. The molecule has 3 heterocycles. The highest BCUT2D eigenvalue weighted by Gasteiger charge is 2.25. The minimum absolute atomic E-state index is 0.905. The van der Waals surface area contributed by atoms with Gasteiger partial charge in [0.25, 0.3) is 5.01 Å². The average molecular weight is 559 g/mol. The first-order valence-corrected chi connectivity index (χ1v) is 15.7. The second-order valence-electron chi connectivity index (χ2n) is 10.0. The largest absolute Gasteiger partial charge is 0.341 e. The van der Waals surface area contributed by atoms with Crippen LogP contribution >= 0.6 is 23.1 Å². The summed E-state index contributed by atoms with van der Waals surface area (Å²) in [6, 6.07) is 30.8. The molecule has 0 atom stereocenters. The Morgan fingerprint density at radius 1 is 0.725 bits per heavy atom. The summed E-state index contributed by atoms with van der Waals surface area (Å²) in [7, 11) is 0. The molecule has 0 N–H and O–H groups in total. The minimum atomic E-state index is 0.905. The number of rotatable bonds is 6. The van der Waals surface area contributed by atoms with Crippen molar-refractivity contribution in [3.8, 4) is 0 Å². The van der Waals surface area contributed by atoms with Gasteiger partial charge in [-0.25, -0.2) is 0 Å². The molecule has 3 nitrogen and oxygen atoms in total. The van der Waals surface area contributed by atoms with E-state index in [0.29, 0.717) is 0 Å². The summed E-state index contributed by atoms with van der Waals surface area (Å²) in [6.07, 6.45) is 7.06. The number of aryl methyl sites for hydroxylation is 1. The van der Waals surface area contributed by atoms with Crippen LogP contribution in [0.4, 0.5) is 5.69 Å². The molecular formula is C35H32N3S2+. The van der Waals surface area contributed by atoms with Gasteiger partial charge in [-0.05, 0) is 62.6 Å². The molecule has 0 saturated heterocycles. The molecule has 6 aromatic rings. The third-order valence-corrected chi connectivity index (χ3v) is 10.1. The van der Waals surface area contributed by atoms with Crippen molar-refractivity contribution in [2.24, 2.45) is 0 Å². The van der Waals surface area contributed by atoms with Crippen LogP contribution < -0.4 is 9.47 Å². The van der Waals surface area contributed by atoms with Crippen LogP contribution in [0.5, 0.6) is 0 Å². The predicted molar refractivity (Wildman–Crippen MR) is 175 cm³/mol. The smallest absolute Gasteiger partial charge is 0.262 e. The molecule has 1 aliphatic heterocycles. The molecule has 0 aliphatic carbocycles. The Bertz CT molecular complexity index is 1960. The monoisotopic (exact) mass is 558 g/mol. The van der Waals surface area contributed by atoms with Gasteiger partial charge in [0.05, 0.1) is 21.8 Å². The average Bonchev–Trinajstić information content (AvgIpc) is 3.64. The van der Waals surface area contributed by atoms with Gasteiger partial charge >= 0.3 is 0 Å². The van der Waals surface area contributed by atoms with E-state index in [9.17, 15) is 0 Å². The molecule has 0 radical (unpaired) electrons. The normalized spacial score (nSPS) is 14.5. The maximum atomic E-state index is 2.48. The molecule has 5 heteroatoms. The summed E-state index contributed by atoms with van der Waals surface area (Å²) < 4.78 is 6.28. The van der Waals surface area contributed by atoms with Crippen LogP contribution in [0.15, 0.2) is 94.9 Å². The molecule has 40 heavy (non-hydrogen) atoms. The Kier molecular flexibility index (Phi) is 6.49. The van der Waals surface area contributed by atoms with E-state index in [1.165, 1.54) is 63.8 Å². The van der Waals surface area contributed by atoms with Gasteiger partial charge in [0.1, 0.15) is 11.2 Å². The van der Waals surface area contributed by atoms with Crippen molar-refractivity contribution in [3.63, 3.8) is 0 Å². The van der Waals surface area contributed by atoms with Gasteiger partial charge in [0.2, 0.25) is 5.52 Å². The molecule has 0 bridgehead atoms. The lowest BCUT2D eigenvalue weighted by molar-refractivity contribution is -0.664. The van der Waals surface area contributed by atoms with Crippen molar-refractivity contribution in [2.75, 3.05) is 11.4 Å². The van der Waals surface area contributed by atoms with Crippen LogP contribution in [-0.2, 0) is 13.1 Å². The van der Waals surface area contributed by atoms with Crippen LogP contribution in [-0.4, -0.2) is 11.1 Å². The number of anilines is 1. The van der Waals surface area contributed by atoms with E-state index in [4.69, 9.17) is 0 Å². The lowest BCUT2D eigenvalue weighted by atomic mass is 10.1. The third-order valence-electron chi connectivity index (χ3n) is 7.90. The highest BCUT2D eigenvalue weighted by atomic mass is 32.2. The number of benzene rings is 4. The zero-order valence-corrected chi connectivity index (χ0v) is 24.7. The first kappa shape index (κ1) is 25.2. The number of aromatic nitrogens is 2. The van der Waals surface area contributed by atoms with E-state index in [1.807, 2.05) is 23.1 Å². The first-order chi connectivity index (χ1) is 19.7. The number of hydrogen-bond donors (Lipinski definition) is 0. The van der Waals surface area contributed by atoms with E-state index >= 15 is 0 Å². The van der Waals surface area contributed by atoms with E-state index in [-0.39, 0.29) is 0 Å². The second-order valence-corrected chi connectivity index (χ2v) is 12.1. The summed E-state index contributed by atoms with van der Waals surface area (Å²) >= 11 is 3.75. The van der Waals surface area contributed by atoms with Crippen molar-refractivity contribution >= 4 is 78.8 Å². The minimum Gasteiger partial charge on any atom is -0.341 e. The number of thioether (sulfide) groups is 1. The highest BCUT2D eigenvalue weighted by Crippen LogP contribution is 2.47. The third kappa shape index (κ3) is 3.99. The van der Waals surface area contributed by atoms with E-state index in [1.54, 1.807) is 0 Å². The molecule has 2 aromatic heterocycles. The van der Waals surface area contributed by atoms with E-state index in [2.05, 4.69) is 138 Å². The fraction of sp³-hybridized carbons (Fsp3) is 0.171. The highest BCUT2D eigenvalue weighted by molar-refractivity contribution is 8.03. The fourth-order valence-electron chi connectivity index (χ4n) is 6.09. The SMILES string of the molecule is CCN1C(=Cc2c3ccccc3c(C=Cc3sc4ccc5ccccc5c4[n+]3CC)n2CC)Sc2ccccc21. The Morgan fingerprint density at radius 2 is 1.45 bits per heavy atom. The molecule has 0 amide bonds. The Balaban J connectivity index is 1.37. The van der Waals surface area contributed by atoms with Gasteiger partial charge in [0, 0.05) is 40.5 Å². The number of hydrogen-bond acceptors (Lipinski definition) is 3. The van der Waals surface area contributed by atoms with Crippen molar-refractivity contribution in [1.29, 1.82) is 0 Å². The molecule has 1 aliphatic rings. The van der Waals surface area contributed by atoms with Crippen LogP contribution in [0.2, 0.25) is 0 Å². The van der Waals surface area contributed by atoms with Crippen molar-refractivity contribution in [3.05, 3.63) is 106 Å². The summed E-state index contributed by atoms with van der Waals surface area (Å²) in [6.45, 7) is 9.53. The summed E-state index contributed by atoms with van der Waals surface area (Å²) in [5, 5.41) is 7.78. The summed E-state index contributed by atoms with van der Waals surface area (Å²) in [5.74, 6) is 0. The number of fused-ring (bicyclic) bond motifs is 5. The number of nitrogens with zero attached hydrogens (tertiary/aromatic N) is 3. The molecular weight excluding hydrogens is 527 g/mol. The van der Waals surface area contributed by atoms with Gasteiger partial charge in [-0.1, -0.05) is 83.8 Å². The van der Waals surface area contributed by atoms with Gasteiger partial charge in [-0.2, -0.15) is 4.57 Å².